The van der Waals surface area contributed by atoms with E-state index in [9.17, 15) is 0 Å². The molecule has 2 aromatic heterocycles. The molecule has 0 spiro atoms. The predicted molar refractivity (Wildman–Crippen MR) is 34.1 cm³/mol. The number of anilines is 1. The number of nitrogen functional groups attached to an aromatic ring is 1. The highest BCUT2D eigenvalue weighted by Crippen LogP contribution is 2.19. The van der Waals surface area contributed by atoms with Gasteiger partial charge in [-0.25, -0.2) is 0 Å². The summed E-state index contributed by atoms with van der Waals surface area (Å²) >= 11 is 0. The zero-order chi connectivity index (χ0) is 7.68. The van der Waals surface area contributed by atoms with Gasteiger partial charge < -0.3 is 10.3 Å². The van der Waals surface area contributed by atoms with E-state index in [4.69, 9.17) is 10.3 Å². The van der Waals surface area contributed by atoms with E-state index in [1.807, 2.05) is 0 Å². The van der Waals surface area contributed by atoms with Crippen LogP contribution in [0.15, 0.2) is 10.7 Å². The summed E-state index contributed by atoms with van der Waals surface area (Å²) in [5, 5.41) is 16.4. The fraction of sp³-hybridized carbons (Fsp3) is 0. The van der Waals surface area contributed by atoms with Crippen LogP contribution >= 0.6 is 0 Å². The van der Waals surface area contributed by atoms with Gasteiger partial charge in [-0.1, -0.05) is 5.16 Å². The lowest BCUT2D eigenvalue weighted by Crippen LogP contribution is -1.86. The molecule has 3 N–H and O–H groups in total. The molecule has 0 aromatic carbocycles. The Bertz CT molecular complexity index is 337. The van der Waals surface area contributed by atoms with Crippen LogP contribution < -0.4 is 5.73 Å². The number of rotatable bonds is 1. The normalized spacial score (nSPS) is 10.2. The number of aromatic amines is 1. The summed E-state index contributed by atoms with van der Waals surface area (Å²) in [5.74, 6) is 0.638. The van der Waals surface area contributed by atoms with Crippen molar-refractivity contribution in [2.45, 2.75) is 0 Å². The van der Waals surface area contributed by atoms with Gasteiger partial charge in [0.1, 0.15) is 5.69 Å². The molecule has 0 aliphatic heterocycles. The van der Waals surface area contributed by atoms with Gasteiger partial charge in [0.25, 0.3) is 0 Å². The Balaban J connectivity index is 2.53. The standard InChI is InChI=1S/C4H4N6O/c5-2-1-6-11-3(2)4-7-9-10-8-4/h1H,5H2,(H,7,8,9,10). The lowest BCUT2D eigenvalue weighted by Gasteiger charge is -1.84. The molecule has 2 rings (SSSR count). The molecular formula is C4H4N6O. The van der Waals surface area contributed by atoms with Crippen molar-refractivity contribution in [3.63, 3.8) is 0 Å². The Morgan fingerprint density at radius 2 is 2.45 bits per heavy atom. The summed E-state index contributed by atoms with van der Waals surface area (Å²) in [5.41, 5.74) is 5.85. The number of tetrazole rings is 1. The monoisotopic (exact) mass is 152 g/mol. The number of nitrogens with zero attached hydrogens (tertiary/aromatic N) is 4. The number of nitrogens with one attached hydrogen (secondary N) is 1. The zero-order valence-electron chi connectivity index (χ0n) is 5.35. The van der Waals surface area contributed by atoms with Crippen molar-refractivity contribution < 1.29 is 4.52 Å². The van der Waals surface area contributed by atoms with Gasteiger partial charge in [-0.15, -0.1) is 10.2 Å². The SMILES string of the molecule is Nc1cnoc1-c1nn[nH]n1. The Hall–Kier alpha value is -1.92. The van der Waals surface area contributed by atoms with E-state index < -0.39 is 0 Å². The van der Waals surface area contributed by atoms with Crippen molar-refractivity contribution in [1.82, 2.24) is 25.8 Å². The van der Waals surface area contributed by atoms with Gasteiger partial charge >= 0.3 is 0 Å². The molecule has 7 heteroatoms. The number of aromatic nitrogens is 5. The van der Waals surface area contributed by atoms with Gasteiger partial charge in [0, 0.05) is 0 Å². The first kappa shape index (κ1) is 5.83. The first-order chi connectivity index (χ1) is 5.38. The molecule has 56 valence electrons. The number of H-pyrrole nitrogens is 1. The molecule has 0 bridgehead atoms. The third-order valence-corrected chi connectivity index (χ3v) is 1.15. The van der Waals surface area contributed by atoms with Crippen molar-refractivity contribution in [1.29, 1.82) is 0 Å². The maximum atomic E-state index is 5.45. The van der Waals surface area contributed by atoms with E-state index in [1.165, 1.54) is 6.20 Å². The Morgan fingerprint density at radius 3 is 3.00 bits per heavy atom. The smallest absolute Gasteiger partial charge is 0.244 e. The zero-order valence-corrected chi connectivity index (χ0v) is 5.35. The van der Waals surface area contributed by atoms with Gasteiger partial charge in [-0.2, -0.15) is 5.21 Å². The lowest BCUT2D eigenvalue weighted by atomic mass is 10.4. The van der Waals surface area contributed by atoms with Crippen molar-refractivity contribution in [3.8, 4) is 11.6 Å². The van der Waals surface area contributed by atoms with Crippen LogP contribution in [-0.2, 0) is 0 Å². The summed E-state index contributed by atoms with van der Waals surface area (Å²) < 4.78 is 4.75. The highest BCUT2D eigenvalue weighted by atomic mass is 16.5. The van der Waals surface area contributed by atoms with Gasteiger partial charge in [-0.3, -0.25) is 0 Å². The molecule has 0 saturated heterocycles. The summed E-state index contributed by atoms with van der Waals surface area (Å²) in [4.78, 5) is 0. The van der Waals surface area contributed by atoms with Crippen molar-refractivity contribution in [2.24, 2.45) is 0 Å². The van der Waals surface area contributed by atoms with E-state index in [-0.39, 0.29) is 0 Å². The minimum absolute atomic E-state index is 0.306. The van der Waals surface area contributed by atoms with Crippen LogP contribution in [0.3, 0.4) is 0 Å². The highest BCUT2D eigenvalue weighted by molar-refractivity contribution is 5.62. The van der Waals surface area contributed by atoms with Crippen LogP contribution in [0.2, 0.25) is 0 Å². The minimum Gasteiger partial charge on any atom is -0.394 e. The van der Waals surface area contributed by atoms with Crippen LogP contribution in [0.1, 0.15) is 0 Å². The van der Waals surface area contributed by atoms with Crippen molar-refractivity contribution >= 4 is 5.69 Å². The highest BCUT2D eigenvalue weighted by Gasteiger charge is 2.11. The van der Waals surface area contributed by atoms with Crippen LogP contribution in [0, 0.1) is 0 Å². The molecule has 7 nitrogen and oxygen atoms in total. The van der Waals surface area contributed by atoms with Gasteiger partial charge in [0.2, 0.25) is 11.6 Å². The lowest BCUT2D eigenvalue weighted by molar-refractivity contribution is 0.430. The van der Waals surface area contributed by atoms with Crippen LogP contribution in [0.5, 0.6) is 0 Å². The van der Waals surface area contributed by atoms with Crippen molar-refractivity contribution in [3.05, 3.63) is 6.20 Å². The number of hydrogen-bond acceptors (Lipinski definition) is 6. The fourth-order valence-corrected chi connectivity index (χ4v) is 0.675. The largest absolute Gasteiger partial charge is 0.394 e. The molecule has 2 heterocycles. The molecule has 0 aliphatic rings. The second-order valence-electron chi connectivity index (χ2n) is 1.85. The summed E-state index contributed by atoms with van der Waals surface area (Å²) in [6.45, 7) is 0. The third kappa shape index (κ3) is 0.820. The molecular weight excluding hydrogens is 148 g/mol. The molecule has 0 fully saturated rings. The van der Waals surface area contributed by atoms with E-state index in [1.54, 1.807) is 0 Å². The fourth-order valence-electron chi connectivity index (χ4n) is 0.675. The molecule has 0 unspecified atom stereocenters. The van der Waals surface area contributed by atoms with Gasteiger partial charge in [-0.05, 0) is 5.21 Å². The Labute approximate surface area is 60.6 Å². The first-order valence-corrected chi connectivity index (χ1v) is 2.82. The topological polar surface area (TPSA) is 107 Å². The van der Waals surface area contributed by atoms with Crippen molar-refractivity contribution in [2.75, 3.05) is 5.73 Å². The third-order valence-electron chi connectivity index (χ3n) is 1.15. The molecule has 2 aromatic rings. The van der Waals surface area contributed by atoms with E-state index in [2.05, 4.69) is 25.8 Å². The molecule has 0 atom stereocenters. The second kappa shape index (κ2) is 2.04. The van der Waals surface area contributed by atoms with E-state index in [0.29, 0.717) is 17.3 Å². The average molecular weight is 152 g/mol. The van der Waals surface area contributed by atoms with Crippen LogP contribution in [-0.4, -0.2) is 25.8 Å². The molecule has 0 saturated carbocycles. The minimum atomic E-state index is 0.306. The number of hydrogen-bond donors (Lipinski definition) is 2. The average Bonchev–Trinajstić information content (AvgIpc) is 2.55. The van der Waals surface area contributed by atoms with E-state index >= 15 is 0 Å². The predicted octanol–water partition coefficient (Wildman–Crippen LogP) is -0.563. The Kier molecular flexibility index (Phi) is 1.08. The summed E-state index contributed by atoms with van der Waals surface area (Å²) in [7, 11) is 0. The van der Waals surface area contributed by atoms with Gasteiger partial charge in [0.05, 0.1) is 6.20 Å². The molecule has 0 radical (unpaired) electrons. The molecule has 11 heavy (non-hydrogen) atoms. The maximum absolute atomic E-state index is 5.45. The van der Waals surface area contributed by atoms with Gasteiger partial charge in [0.15, 0.2) is 0 Å². The second-order valence-corrected chi connectivity index (χ2v) is 1.85. The maximum Gasteiger partial charge on any atom is 0.244 e. The first-order valence-electron chi connectivity index (χ1n) is 2.82. The van der Waals surface area contributed by atoms with Crippen LogP contribution in [0.25, 0.3) is 11.6 Å². The summed E-state index contributed by atoms with van der Waals surface area (Å²) in [6.07, 6.45) is 1.38. The van der Waals surface area contributed by atoms with Crippen LogP contribution in [0.4, 0.5) is 5.69 Å². The quantitative estimate of drug-likeness (QED) is 0.567. The summed E-state index contributed by atoms with van der Waals surface area (Å²) in [6, 6.07) is 0. The molecule has 0 amide bonds. The molecule has 0 aliphatic carbocycles. The van der Waals surface area contributed by atoms with E-state index in [0.717, 1.165) is 0 Å². The Morgan fingerprint density at radius 1 is 1.55 bits per heavy atom. The number of nitrogens with two attached hydrogens (primary N) is 1.